The number of nitrogens with zero attached hydrogens (tertiary/aromatic N) is 7. The molecule has 0 fully saturated rings. The van der Waals surface area contributed by atoms with Gasteiger partial charge < -0.3 is 4.90 Å². The zero-order valence-corrected chi connectivity index (χ0v) is 17.6. The number of alkyl halides is 3. The van der Waals surface area contributed by atoms with Crippen molar-refractivity contribution in [3.05, 3.63) is 71.9 Å². The lowest BCUT2D eigenvalue weighted by molar-refractivity contribution is -0.137. The summed E-state index contributed by atoms with van der Waals surface area (Å²) in [6, 6.07) is 9.33. The topological polar surface area (TPSA) is 98.9 Å². The van der Waals surface area contributed by atoms with Crippen molar-refractivity contribution in [1.29, 1.82) is 5.26 Å². The molecule has 0 saturated carbocycles. The van der Waals surface area contributed by atoms with Crippen LogP contribution in [0.4, 0.5) is 29.3 Å². The molecule has 0 atom stereocenters. The van der Waals surface area contributed by atoms with E-state index in [1.807, 2.05) is 6.07 Å². The molecular formula is C23H14F3N7O. The maximum Gasteiger partial charge on any atom is 0.416 e. The van der Waals surface area contributed by atoms with E-state index < -0.39 is 17.8 Å². The summed E-state index contributed by atoms with van der Waals surface area (Å²) in [5, 5.41) is 8.92. The molecule has 2 amide bonds. The van der Waals surface area contributed by atoms with E-state index in [1.165, 1.54) is 34.3 Å². The van der Waals surface area contributed by atoms with Crippen LogP contribution in [-0.2, 0) is 12.7 Å². The van der Waals surface area contributed by atoms with Crippen molar-refractivity contribution in [2.45, 2.75) is 12.7 Å². The minimum Gasteiger partial charge on any atom is -0.323 e. The van der Waals surface area contributed by atoms with E-state index in [1.54, 1.807) is 25.4 Å². The average molecular weight is 461 g/mol. The van der Waals surface area contributed by atoms with Crippen molar-refractivity contribution in [3.8, 4) is 17.3 Å². The predicted molar refractivity (Wildman–Crippen MR) is 116 cm³/mol. The van der Waals surface area contributed by atoms with Gasteiger partial charge in [-0.15, -0.1) is 0 Å². The van der Waals surface area contributed by atoms with E-state index in [2.05, 4.69) is 19.9 Å². The Balaban J connectivity index is 1.73. The fraction of sp³-hybridized carbons (Fsp3) is 0.130. The van der Waals surface area contributed by atoms with Gasteiger partial charge in [0, 0.05) is 36.8 Å². The van der Waals surface area contributed by atoms with Gasteiger partial charge in [-0.3, -0.25) is 9.88 Å². The third kappa shape index (κ3) is 3.55. The highest BCUT2D eigenvalue weighted by Gasteiger charge is 2.35. The van der Waals surface area contributed by atoms with Crippen molar-refractivity contribution < 1.29 is 18.0 Å². The summed E-state index contributed by atoms with van der Waals surface area (Å²) < 4.78 is 40.2. The molecule has 168 valence electrons. The molecule has 5 rings (SSSR count). The van der Waals surface area contributed by atoms with Crippen molar-refractivity contribution in [1.82, 2.24) is 24.8 Å². The Morgan fingerprint density at radius 3 is 2.53 bits per heavy atom. The fourth-order valence-corrected chi connectivity index (χ4v) is 3.79. The van der Waals surface area contributed by atoms with E-state index >= 15 is 0 Å². The molecule has 0 radical (unpaired) electrons. The number of fused-ring (bicyclic) bond motifs is 3. The summed E-state index contributed by atoms with van der Waals surface area (Å²) in [5.74, 6) is 0.00735. The third-order valence-corrected chi connectivity index (χ3v) is 5.39. The highest BCUT2D eigenvalue weighted by atomic mass is 19.4. The maximum atomic E-state index is 13.4. The number of hydrogen-bond acceptors (Lipinski definition) is 6. The Kier molecular flexibility index (Phi) is 4.86. The van der Waals surface area contributed by atoms with Crippen LogP contribution in [-0.4, -0.2) is 37.9 Å². The van der Waals surface area contributed by atoms with Crippen LogP contribution in [0.1, 0.15) is 17.0 Å². The Hall–Kier alpha value is -4.59. The number of aromatic nitrogens is 4. The molecule has 0 aliphatic carbocycles. The first kappa shape index (κ1) is 21.3. The predicted octanol–water partition coefficient (Wildman–Crippen LogP) is 4.68. The van der Waals surface area contributed by atoms with Gasteiger partial charge in [-0.1, -0.05) is 6.07 Å². The number of carbonyl (C=O) groups is 1. The first-order valence-electron chi connectivity index (χ1n) is 10.00. The van der Waals surface area contributed by atoms with Gasteiger partial charge in [-0.25, -0.2) is 19.7 Å². The van der Waals surface area contributed by atoms with Gasteiger partial charge in [0.05, 0.1) is 34.7 Å². The number of rotatable bonds is 2. The van der Waals surface area contributed by atoms with Gasteiger partial charge in [0.15, 0.2) is 0 Å². The molecule has 1 aliphatic rings. The molecule has 34 heavy (non-hydrogen) atoms. The van der Waals surface area contributed by atoms with Crippen molar-refractivity contribution >= 4 is 28.4 Å². The number of carbonyl (C=O) groups excluding carboxylic acids is 1. The third-order valence-electron chi connectivity index (χ3n) is 5.39. The second-order valence-electron chi connectivity index (χ2n) is 7.63. The number of hydrogen-bond donors (Lipinski definition) is 0. The second-order valence-corrected chi connectivity index (χ2v) is 7.63. The van der Waals surface area contributed by atoms with E-state index in [4.69, 9.17) is 5.26 Å². The lowest BCUT2D eigenvalue weighted by Crippen LogP contribution is -2.42. The molecule has 0 spiro atoms. The lowest BCUT2D eigenvalue weighted by Gasteiger charge is -2.35. The van der Waals surface area contributed by atoms with Crippen LogP contribution in [0.2, 0.25) is 0 Å². The Morgan fingerprint density at radius 2 is 1.82 bits per heavy atom. The largest absolute Gasteiger partial charge is 0.416 e. The molecule has 1 aliphatic heterocycles. The number of anilines is 2. The number of nitriles is 1. The summed E-state index contributed by atoms with van der Waals surface area (Å²) in [5.41, 5.74) is 2.00. The fourth-order valence-electron chi connectivity index (χ4n) is 3.79. The van der Waals surface area contributed by atoms with Crippen LogP contribution in [0.5, 0.6) is 0 Å². The van der Waals surface area contributed by atoms with Gasteiger partial charge in [0.2, 0.25) is 5.82 Å². The van der Waals surface area contributed by atoms with Crippen LogP contribution >= 0.6 is 0 Å². The van der Waals surface area contributed by atoms with E-state index in [9.17, 15) is 18.0 Å². The normalized spacial score (nSPS) is 13.7. The number of urea groups is 1. The van der Waals surface area contributed by atoms with Gasteiger partial charge in [0.25, 0.3) is 0 Å². The van der Waals surface area contributed by atoms with Crippen molar-refractivity contribution in [3.63, 3.8) is 0 Å². The Labute approximate surface area is 190 Å². The van der Waals surface area contributed by atoms with Crippen molar-refractivity contribution in [2.24, 2.45) is 0 Å². The molecule has 1 aromatic carbocycles. The summed E-state index contributed by atoms with van der Waals surface area (Å²) in [7, 11) is 1.56. The summed E-state index contributed by atoms with van der Waals surface area (Å²) in [6.07, 6.45) is -0.0730. The van der Waals surface area contributed by atoms with Gasteiger partial charge in [-0.2, -0.15) is 18.4 Å². The standard InChI is InChI=1S/C23H14F3N7O/c1-32-12-14-11-28-18-6-5-17(13-9-29-19(8-27)30-10-13)31-20(18)21(14)33(22(32)34)16-4-2-3-15(7-16)23(24,25)26/h2-7,9-11H,12H2,1H3. The maximum absolute atomic E-state index is 13.4. The molecule has 4 aromatic rings. The van der Waals surface area contributed by atoms with Crippen molar-refractivity contribution in [2.75, 3.05) is 11.9 Å². The van der Waals surface area contributed by atoms with E-state index in [0.29, 0.717) is 33.5 Å². The molecule has 4 heterocycles. The quantitative estimate of drug-likeness (QED) is 0.430. The summed E-state index contributed by atoms with van der Waals surface area (Å²) in [6.45, 7) is 0.221. The van der Waals surface area contributed by atoms with Gasteiger partial charge in [-0.05, 0) is 30.3 Å². The smallest absolute Gasteiger partial charge is 0.323 e. The number of benzene rings is 1. The Morgan fingerprint density at radius 1 is 1.06 bits per heavy atom. The van der Waals surface area contributed by atoms with Gasteiger partial charge >= 0.3 is 12.2 Å². The number of pyridine rings is 2. The molecule has 0 unspecified atom stereocenters. The highest BCUT2D eigenvalue weighted by molar-refractivity contribution is 6.08. The van der Waals surface area contributed by atoms with Crippen LogP contribution in [0.15, 0.2) is 55.0 Å². The number of halogens is 3. The molecule has 8 nitrogen and oxygen atoms in total. The molecule has 0 bridgehead atoms. The summed E-state index contributed by atoms with van der Waals surface area (Å²) in [4.78, 5) is 32.8. The minimum atomic E-state index is -4.56. The van der Waals surface area contributed by atoms with E-state index in [0.717, 1.165) is 12.1 Å². The Bertz CT molecular complexity index is 1480. The SMILES string of the molecule is CN1Cc2cnc3ccc(-c4cnc(C#N)nc4)nc3c2N(c2cccc(C(F)(F)F)c2)C1=O. The minimum absolute atomic E-state index is 0.00735. The second kappa shape index (κ2) is 7.77. The monoisotopic (exact) mass is 461 g/mol. The summed E-state index contributed by atoms with van der Waals surface area (Å²) >= 11 is 0. The molecule has 0 saturated heterocycles. The molecule has 0 N–H and O–H groups in total. The van der Waals surface area contributed by atoms with Crippen LogP contribution in [0.25, 0.3) is 22.3 Å². The molecule has 3 aromatic heterocycles. The van der Waals surface area contributed by atoms with Crippen LogP contribution in [0.3, 0.4) is 0 Å². The first-order chi connectivity index (χ1) is 16.3. The highest BCUT2D eigenvalue weighted by Crippen LogP contribution is 2.40. The average Bonchev–Trinajstić information content (AvgIpc) is 2.84. The van der Waals surface area contributed by atoms with Crippen LogP contribution in [0, 0.1) is 11.3 Å². The zero-order valence-electron chi connectivity index (χ0n) is 17.6. The van der Waals surface area contributed by atoms with Crippen LogP contribution < -0.4 is 4.90 Å². The molecule has 11 heteroatoms. The lowest BCUT2D eigenvalue weighted by atomic mass is 10.1. The van der Waals surface area contributed by atoms with Gasteiger partial charge in [0.1, 0.15) is 11.6 Å². The zero-order chi connectivity index (χ0) is 24.0. The van der Waals surface area contributed by atoms with E-state index in [-0.39, 0.29) is 18.1 Å². The first-order valence-corrected chi connectivity index (χ1v) is 10.00. The number of amides is 2. The molecular weight excluding hydrogens is 447 g/mol.